The molecule has 2 saturated heterocycles. The first-order valence-electron chi connectivity index (χ1n) is 12.0. The highest BCUT2D eigenvalue weighted by atomic mass is 19.1. The lowest BCUT2D eigenvalue weighted by Crippen LogP contribution is -2.64. The molecule has 11 heteroatoms. The maximum Gasteiger partial charge on any atom is 0.321 e. The predicted octanol–water partition coefficient (Wildman–Crippen LogP) is 1.78. The van der Waals surface area contributed by atoms with E-state index in [-0.39, 0.29) is 36.9 Å². The van der Waals surface area contributed by atoms with Crippen LogP contribution in [0.1, 0.15) is 40.5 Å². The molecule has 0 saturated carbocycles. The van der Waals surface area contributed by atoms with Crippen LogP contribution in [0.3, 0.4) is 0 Å². The van der Waals surface area contributed by atoms with Crippen LogP contribution in [-0.4, -0.2) is 77.6 Å². The fraction of sp³-hybridized carbons (Fsp3) is 0.346. The van der Waals surface area contributed by atoms with Gasteiger partial charge in [0.15, 0.2) is 5.78 Å². The van der Waals surface area contributed by atoms with Crippen molar-refractivity contribution in [3.8, 4) is 0 Å². The number of hydrogen-bond acceptors (Lipinski definition) is 5. The van der Waals surface area contributed by atoms with Gasteiger partial charge >= 0.3 is 6.03 Å². The van der Waals surface area contributed by atoms with Gasteiger partial charge in [-0.2, -0.15) is 0 Å². The molecule has 37 heavy (non-hydrogen) atoms. The molecule has 2 aliphatic heterocycles. The summed E-state index contributed by atoms with van der Waals surface area (Å²) in [7, 11) is 0. The number of hydrogen-bond donors (Lipinski definition) is 3. The molecule has 2 fully saturated rings. The molecule has 2 aromatic rings. The number of halogens is 1. The lowest BCUT2D eigenvalue weighted by atomic mass is 10.0. The van der Waals surface area contributed by atoms with Gasteiger partial charge < -0.3 is 25.8 Å². The summed E-state index contributed by atoms with van der Waals surface area (Å²) in [5.74, 6) is -2.11. The molecule has 0 spiro atoms. The number of carbonyl (C=O) groups is 5. The van der Waals surface area contributed by atoms with Crippen molar-refractivity contribution < 1.29 is 28.4 Å². The van der Waals surface area contributed by atoms with Crippen molar-refractivity contribution in [2.75, 3.05) is 31.5 Å². The number of benzene rings is 2. The average molecular weight is 510 g/mol. The largest absolute Gasteiger partial charge is 0.354 e. The summed E-state index contributed by atoms with van der Waals surface area (Å²) in [5, 5.41) is 8.14. The number of urea groups is 1. The van der Waals surface area contributed by atoms with E-state index in [1.165, 1.54) is 34.9 Å². The van der Waals surface area contributed by atoms with Crippen molar-refractivity contribution in [2.45, 2.75) is 31.8 Å². The fourth-order valence-corrected chi connectivity index (χ4v) is 4.39. The van der Waals surface area contributed by atoms with E-state index < -0.39 is 35.7 Å². The monoisotopic (exact) mass is 509 g/mol. The van der Waals surface area contributed by atoms with E-state index in [1.807, 2.05) is 0 Å². The molecule has 0 aromatic heterocycles. The number of rotatable bonds is 5. The lowest BCUT2D eigenvalue weighted by Gasteiger charge is -2.41. The highest BCUT2D eigenvalue weighted by molar-refractivity contribution is 5.99. The Kier molecular flexibility index (Phi) is 7.80. The van der Waals surface area contributed by atoms with Crippen LogP contribution in [0.15, 0.2) is 48.5 Å². The predicted molar refractivity (Wildman–Crippen MR) is 132 cm³/mol. The Morgan fingerprint density at radius 3 is 2.46 bits per heavy atom. The first-order valence-corrected chi connectivity index (χ1v) is 12.0. The summed E-state index contributed by atoms with van der Waals surface area (Å²) >= 11 is 0. The van der Waals surface area contributed by atoms with Gasteiger partial charge in [0, 0.05) is 36.4 Å². The van der Waals surface area contributed by atoms with Crippen LogP contribution < -0.4 is 16.0 Å². The number of amides is 5. The molecule has 0 radical (unpaired) electrons. The zero-order chi connectivity index (χ0) is 26.5. The van der Waals surface area contributed by atoms with Crippen LogP contribution in [0.5, 0.6) is 0 Å². The molecule has 2 aliphatic rings. The standard InChI is InChI=1S/C26H28FN5O5/c1-16(33)17-7-9-20(10-8-17)29-26(37)31-12-13-32(25(36)18-4-2-5-19(27)14-18)22(15-31)24(35)30-21-6-3-11-28-23(21)34/h2,4-5,7-10,14,21-22H,3,6,11-13,15H2,1H3,(H,28,34)(H,29,37)(H,30,35). The van der Waals surface area contributed by atoms with Gasteiger partial charge in [0.25, 0.3) is 5.91 Å². The first-order chi connectivity index (χ1) is 17.7. The number of ketones is 1. The van der Waals surface area contributed by atoms with Crippen molar-refractivity contribution in [3.05, 3.63) is 65.5 Å². The zero-order valence-electron chi connectivity index (χ0n) is 20.3. The molecular weight excluding hydrogens is 481 g/mol. The van der Waals surface area contributed by atoms with Crippen molar-refractivity contribution >= 4 is 35.2 Å². The molecule has 2 atom stereocenters. The molecule has 194 valence electrons. The second kappa shape index (κ2) is 11.2. The van der Waals surface area contributed by atoms with Crippen LogP contribution in [0.2, 0.25) is 0 Å². The summed E-state index contributed by atoms with van der Waals surface area (Å²) in [5.41, 5.74) is 1.05. The van der Waals surface area contributed by atoms with Crippen LogP contribution in [0.4, 0.5) is 14.9 Å². The average Bonchev–Trinajstić information content (AvgIpc) is 2.89. The quantitative estimate of drug-likeness (QED) is 0.530. The minimum Gasteiger partial charge on any atom is -0.354 e. The second-order valence-electron chi connectivity index (χ2n) is 9.03. The molecule has 0 aliphatic carbocycles. The number of piperidine rings is 1. The molecule has 0 bridgehead atoms. The number of nitrogens with zero attached hydrogens (tertiary/aromatic N) is 2. The third-order valence-electron chi connectivity index (χ3n) is 6.45. The topological polar surface area (TPSA) is 128 Å². The smallest absolute Gasteiger partial charge is 0.321 e. The second-order valence-corrected chi connectivity index (χ2v) is 9.03. The number of anilines is 1. The summed E-state index contributed by atoms with van der Waals surface area (Å²) in [6, 6.07) is 9.25. The maximum atomic E-state index is 13.8. The maximum absolute atomic E-state index is 13.8. The van der Waals surface area contributed by atoms with Crippen molar-refractivity contribution in [1.29, 1.82) is 0 Å². The zero-order valence-corrected chi connectivity index (χ0v) is 20.3. The van der Waals surface area contributed by atoms with Gasteiger partial charge in [-0.3, -0.25) is 19.2 Å². The normalized spacial score (nSPS) is 19.6. The van der Waals surface area contributed by atoms with E-state index in [2.05, 4.69) is 16.0 Å². The van der Waals surface area contributed by atoms with E-state index in [0.29, 0.717) is 30.6 Å². The number of carbonyl (C=O) groups excluding carboxylic acids is 5. The van der Waals surface area contributed by atoms with Crippen molar-refractivity contribution in [2.24, 2.45) is 0 Å². The fourth-order valence-electron chi connectivity index (χ4n) is 4.39. The molecule has 5 amide bonds. The Bertz CT molecular complexity index is 1220. The van der Waals surface area contributed by atoms with Gasteiger partial charge in [0.1, 0.15) is 17.9 Å². The molecule has 10 nitrogen and oxygen atoms in total. The third kappa shape index (κ3) is 6.11. The molecule has 4 rings (SSSR count). The van der Waals surface area contributed by atoms with Gasteiger partial charge in [0.2, 0.25) is 11.8 Å². The van der Waals surface area contributed by atoms with Gasteiger partial charge in [0.05, 0.1) is 6.54 Å². The summed E-state index contributed by atoms with van der Waals surface area (Å²) in [4.78, 5) is 65.9. The molecular formula is C26H28FN5O5. The minimum absolute atomic E-state index is 0.0288. The number of piperazine rings is 1. The highest BCUT2D eigenvalue weighted by Gasteiger charge is 2.39. The van der Waals surface area contributed by atoms with Gasteiger partial charge in [-0.05, 0) is 62.2 Å². The van der Waals surface area contributed by atoms with Gasteiger partial charge in [-0.1, -0.05) is 6.07 Å². The van der Waals surface area contributed by atoms with Crippen molar-refractivity contribution in [3.63, 3.8) is 0 Å². The van der Waals surface area contributed by atoms with E-state index in [1.54, 1.807) is 24.3 Å². The van der Waals surface area contributed by atoms with Crippen LogP contribution in [0, 0.1) is 5.82 Å². The Hall–Kier alpha value is -4.28. The highest BCUT2D eigenvalue weighted by Crippen LogP contribution is 2.18. The van der Waals surface area contributed by atoms with Crippen LogP contribution >= 0.6 is 0 Å². The van der Waals surface area contributed by atoms with Crippen molar-refractivity contribution in [1.82, 2.24) is 20.4 Å². The molecule has 2 aromatic carbocycles. The SMILES string of the molecule is CC(=O)c1ccc(NC(=O)N2CCN(C(=O)c3cccc(F)c3)C(C(=O)NC3CCCNC3=O)C2)cc1. The Balaban J connectivity index is 1.51. The first kappa shape index (κ1) is 25.8. The lowest BCUT2D eigenvalue weighted by molar-refractivity contribution is -0.133. The molecule has 2 unspecified atom stereocenters. The van der Waals surface area contributed by atoms with E-state index in [0.717, 1.165) is 6.07 Å². The minimum atomic E-state index is -1.09. The number of Topliss-reactive ketones (excluding diaryl/α,β-unsaturated/α-hetero) is 1. The van der Waals surface area contributed by atoms with Gasteiger partial charge in [-0.25, -0.2) is 9.18 Å². The summed E-state index contributed by atoms with van der Waals surface area (Å²) in [6.07, 6.45) is 1.16. The number of nitrogens with one attached hydrogen (secondary N) is 3. The van der Waals surface area contributed by atoms with E-state index >= 15 is 0 Å². The van der Waals surface area contributed by atoms with Crippen LogP contribution in [-0.2, 0) is 9.59 Å². The van der Waals surface area contributed by atoms with E-state index in [9.17, 15) is 28.4 Å². The Morgan fingerprint density at radius 2 is 1.78 bits per heavy atom. The molecule has 2 heterocycles. The Labute approximate surface area is 213 Å². The summed E-state index contributed by atoms with van der Waals surface area (Å²) < 4.78 is 13.8. The van der Waals surface area contributed by atoms with E-state index in [4.69, 9.17) is 0 Å². The van der Waals surface area contributed by atoms with Crippen LogP contribution in [0.25, 0.3) is 0 Å². The van der Waals surface area contributed by atoms with Gasteiger partial charge in [-0.15, -0.1) is 0 Å². The molecule has 3 N–H and O–H groups in total. The third-order valence-corrected chi connectivity index (χ3v) is 6.45. The summed E-state index contributed by atoms with van der Waals surface area (Å²) in [6.45, 7) is 2.01. The Morgan fingerprint density at radius 1 is 1.03 bits per heavy atom.